The van der Waals surface area contributed by atoms with E-state index in [2.05, 4.69) is 0 Å². The Kier molecular flexibility index (Phi) is 4.51. The molecule has 2 atom stereocenters. The van der Waals surface area contributed by atoms with E-state index in [-0.39, 0.29) is 6.10 Å². The van der Waals surface area contributed by atoms with E-state index < -0.39 is 5.79 Å². The van der Waals surface area contributed by atoms with Gasteiger partial charge in [0.25, 0.3) is 0 Å². The van der Waals surface area contributed by atoms with Crippen molar-refractivity contribution in [3.8, 4) is 0 Å². The summed E-state index contributed by atoms with van der Waals surface area (Å²) in [7, 11) is 0. The second-order valence-electron chi connectivity index (χ2n) is 5.13. The molecule has 0 radical (unpaired) electrons. The lowest BCUT2D eigenvalue weighted by atomic mass is 9.97. The zero-order chi connectivity index (χ0) is 14.7. The van der Waals surface area contributed by atoms with Gasteiger partial charge in [0, 0.05) is 17.0 Å². The Morgan fingerprint density at radius 2 is 1.76 bits per heavy atom. The molecule has 3 rings (SSSR count). The summed E-state index contributed by atoms with van der Waals surface area (Å²) in [6.45, 7) is 0.506. The van der Waals surface area contributed by atoms with Gasteiger partial charge < -0.3 is 9.47 Å². The van der Waals surface area contributed by atoms with Crippen LogP contribution < -0.4 is 0 Å². The lowest BCUT2D eigenvalue weighted by molar-refractivity contribution is -0.173. The first-order valence-corrected chi connectivity index (χ1v) is 7.81. The first kappa shape index (κ1) is 14.9. The zero-order valence-corrected chi connectivity index (χ0v) is 13.0. The van der Waals surface area contributed by atoms with Gasteiger partial charge in [-0.05, 0) is 17.7 Å². The molecule has 1 fully saturated rings. The second kappa shape index (κ2) is 6.37. The smallest absolute Gasteiger partial charge is 0.199 e. The molecule has 0 N–H and O–H groups in total. The van der Waals surface area contributed by atoms with Crippen LogP contribution in [0.15, 0.2) is 54.6 Å². The Morgan fingerprint density at radius 1 is 1.05 bits per heavy atom. The first-order valence-electron chi connectivity index (χ1n) is 6.89. The van der Waals surface area contributed by atoms with Crippen molar-refractivity contribution in [2.45, 2.75) is 18.3 Å². The minimum atomic E-state index is -0.769. The van der Waals surface area contributed by atoms with Gasteiger partial charge in [0.1, 0.15) is 0 Å². The van der Waals surface area contributed by atoms with Gasteiger partial charge in [-0.3, -0.25) is 0 Å². The molecule has 0 aliphatic carbocycles. The molecule has 0 saturated carbocycles. The molecule has 110 valence electrons. The van der Waals surface area contributed by atoms with Crippen molar-refractivity contribution in [1.29, 1.82) is 0 Å². The van der Waals surface area contributed by atoms with Crippen LogP contribution >= 0.6 is 23.2 Å². The number of hydrogen-bond acceptors (Lipinski definition) is 2. The van der Waals surface area contributed by atoms with Crippen LogP contribution in [-0.4, -0.2) is 18.6 Å². The summed E-state index contributed by atoms with van der Waals surface area (Å²) in [5.41, 5.74) is 2.12. The maximum absolute atomic E-state index is 6.13. The lowest BCUT2D eigenvalue weighted by Crippen LogP contribution is -2.31. The molecule has 4 heteroatoms. The predicted molar refractivity (Wildman–Crippen MR) is 84.8 cm³/mol. The number of benzene rings is 2. The van der Waals surface area contributed by atoms with Gasteiger partial charge in [0.2, 0.25) is 0 Å². The minimum absolute atomic E-state index is 0.0841. The maximum atomic E-state index is 6.13. The van der Waals surface area contributed by atoms with Gasteiger partial charge in [-0.2, -0.15) is 0 Å². The summed E-state index contributed by atoms with van der Waals surface area (Å²) in [4.78, 5) is 0. The Morgan fingerprint density at radius 3 is 2.38 bits per heavy atom. The summed E-state index contributed by atoms with van der Waals surface area (Å²) in [6, 6.07) is 17.7. The quantitative estimate of drug-likeness (QED) is 0.777. The SMILES string of the molecule is ClCC1COC(Cc2ccc(Cl)cc2)(c2ccccc2)O1. The third kappa shape index (κ3) is 3.24. The van der Waals surface area contributed by atoms with Crippen molar-refractivity contribution in [3.63, 3.8) is 0 Å². The molecular formula is C17H16Cl2O2. The van der Waals surface area contributed by atoms with Crippen molar-refractivity contribution in [1.82, 2.24) is 0 Å². The van der Waals surface area contributed by atoms with Crippen LogP contribution in [0.4, 0.5) is 0 Å². The fourth-order valence-electron chi connectivity index (χ4n) is 2.55. The van der Waals surface area contributed by atoms with Gasteiger partial charge in [-0.15, -0.1) is 11.6 Å². The van der Waals surface area contributed by atoms with Gasteiger partial charge in [0.05, 0.1) is 18.6 Å². The fraction of sp³-hybridized carbons (Fsp3) is 0.294. The van der Waals surface area contributed by atoms with Crippen LogP contribution in [0.3, 0.4) is 0 Å². The average Bonchev–Trinajstić information content (AvgIpc) is 2.95. The highest BCUT2D eigenvalue weighted by molar-refractivity contribution is 6.30. The normalized spacial score (nSPS) is 25.1. The Balaban J connectivity index is 1.92. The van der Waals surface area contributed by atoms with Crippen molar-refractivity contribution in [2.75, 3.05) is 12.5 Å². The van der Waals surface area contributed by atoms with Crippen LogP contribution in [0.25, 0.3) is 0 Å². The van der Waals surface area contributed by atoms with Crippen molar-refractivity contribution in [2.24, 2.45) is 0 Å². The predicted octanol–water partition coefficient (Wildman–Crippen LogP) is 4.39. The Bertz CT molecular complexity index is 585. The number of rotatable bonds is 4. The fourth-order valence-corrected chi connectivity index (χ4v) is 2.83. The summed E-state index contributed by atoms with van der Waals surface area (Å²) in [5, 5.41) is 0.722. The number of hydrogen-bond donors (Lipinski definition) is 0. The molecule has 0 amide bonds. The molecule has 1 aliphatic rings. The topological polar surface area (TPSA) is 18.5 Å². The molecular weight excluding hydrogens is 307 g/mol. The van der Waals surface area contributed by atoms with E-state index in [1.807, 2.05) is 54.6 Å². The molecule has 0 bridgehead atoms. The second-order valence-corrected chi connectivity index (χ2v) is 5.87. The van der Waals surface area contributed by atoms with Crippen LogP contribution in [0.2, 0.25) is 5.02 Å². The van der Waals surface area contributed by atoms with E-state index in [0.29, 0.717) is 18.9 Å². The summed E-state index contributed by atoms with van der Waals surface area (Å²) >= 11 is 11.9. The highest BCUT2D eigenvalue weighted by Gasteiger charge is 2.42. The van der Waals surface area contributed by atoms with Crippen molar-refractivity contribution in [3.05, 3.63) is 70.7 Å². The molecule has 2 nitrogen and oxygen atoms in total. The van der Waals surface area contributed by atoms with Crippen LogP contribution in [-0.2, 0) is 21.7 Å². The summed E-state index contributed by atoms with van der Waals surface area (Å²) < 4.78 is 12.2. The summed E-state index contributed by atoms with van der Waals surface area (Å²) in [5.74, 6) is -0.343. The molecule has 2 aromatic rings. The van der Waals surface area contributed by atoms with E-state index in [1.54, 1.807) is 0 Å². The highest BCUT2D eigenvalue weighted by atomic mass is 35.5. The third-order valence-electron chi connectivity index (χ3n) is 3.60. The highest BCUT2D eigenvalue weighted by Crippen LogP contribution is 2.37. The van der Waals surface area contributed by atoms with Crippen molar-refractivity contribution < 1.29 is 9.47 Å². The first-order chi connectivity index (χ1) is 10.2. The molecule has 1 aliphatic heterocycles. The maximum Gasteiger partial charge on any atom is 0.199 e. The molecule has 21 heavy (non-hydrogen) atoms. The van der Waals surface area contributed by atoms with Crippen molar-refractivity contribution >= 4 is 23.2 Å². The minimum Gasteiger partial charge on any atom is -0.343 e. The van der Waals surface area contributed by atoms with Gasteiger partial charge in [0.15, 0.2) is 5.79 Å². The number of halogens is 2. The van der Waals surface area contributed by atoms with E-state index in [1.165, 1.54) is 0 Å². The average molecular weight is 323 g/mol. The lowest BCUT2D eigenvalue weighted by Gasteiger charge is -2.28. The van der Waals surface area contributed by atoms with E-state index >= 15 is 0 Å². The van der Waals surface area contributed by atoms with E-state index in [0.717, 1.165) is 16.1 Å². The van der Waals surface area contributed by atoms with Crippen LogP contribution in [0.5, 0.6) is 0 Å². The largest absolute Gasteiger partial charge is 0.343 e. The molecule has 1 heterocycles. The van der Waals surface area contributed by atoms with Crippen LogP contribution in [0, 0.1) is 0 Å². The van der Waals surface area contributed by atoms with E-state index in [4.69, 9.17) is 32.7 Å². The Labute approximate surface area is 134 Å². The van der Waals surface area contributed by atoms with Gasteiger partial charge in [-0.25, -0.2) is 0 Å². The number of ether oxygens (including phenoxy) is 2. The van der Waals surface area contributed by atoms with Gasteiger partial charge >= 0.3 is 0 Å². The number of alkyl halides is 1. The monoisotopic (exact) mass is 322 g/mol. The third-order valence-corrected chi connectivity index (χ3v) is 4.19. The van der Waals surface area contributed by atoms with E-state index in [9.17, 15) is 0 Å². The molecule has 0 aromatic heterocycles. The molecule has 0 spiro atoms. The summed E-state index contributed by atoms with van der Waals surface area (Å²) in [6.07, 6.45) is 0.542. The molecule has 2 unspecified atom stereocenters. The van der Waals surface area contributed by atoms with Crippen LogP contribution in [0.1, 0.15) is 11.1 Å². The molecule has 2 aromatic carbocycles. The standard InChI is InChI=1S/C17H16Cl2O2/c18-11-16-12-20-17(21-16,14-4-2-1-3-5-14)10-13-6-8-15(19)9-7-13/h1-9,16H,10-12H2. The zero-order valence-electron chi connectivity index (χ0n) is 11.5. The molecule has 1 saturated heterocycles. The Hall–Kier alpha value is -1.06. The van der Waals surface area contributed by atoms with Gasteiger partial charge in [-0.1, -0.05) is 54.1 Å².